The van der Waals surface area contributed by atoms with E-state index >= 15 is 0 Å². The fourth-order valence-electron chi connectivity index (χ4n) is 3.98. The molecule has 1 atom stereocenters. The second kappa shape index (κ2) is 9.67. The van der Waals surface area contributed by atoms with Gasteiger partial charge in [0.1, 0.15) is 11.5 Å². The molecule has 3 rings (SSSR count). The van der Waals surface area contributed by atoms with Gasteiger partial charge in [-0.25, -0.2) is 0 Å². The first-order valence-corrected chi connectivity index (χ1v) is 10.4. The average Bonchev–Trinajstić information content (AvgIpc) is 3.09. The summed E-state index contributed by atoms with van der Waals surface area (Å²) in [5.41, 5.74) is 3.29. The molecule has 158 valence electrons. The summed E-state index contributed by atoms with van der Waals surface area (Å²) < 4.78 is 10.8. The van der Waals surface area contributed by atoms with Crippen molar-refractivity contribution in [2.24, 2.45) is 4.99 Å². The Morgan fingerprint density at radius 1 is 1.24 bits per heavy atom. The van der Waals surface area contributed by atoms with Gasteiger partial charge in [0.15, 0.2) is 5.96 Å². The van der Waals surface area contributed by atoms with Crippen LogP contribution in [0.2, 0.25) is 0 Å². The van der Waals surface area contributed by atoms with Crippen LogP contribution in [0.25, 0.3) is 0 Å². The monoisotopic (exact) mass is 399 g/mol. The zero-order valence-electron chi connectivity index (χ0n) is 18.2. The molecule has 2 heterocycles. The molecule has 1 aliphatic heterocycles. The second-order valence-corrected chi connectivity index (χ2v) is 7.48. The number of benzene rings is 1. The minimum Gasteiger partial charge on any atom is -0.495 e. The Morgan fingerprint density at radius 2 is 1.97 bits per heavy atom. The third-order valence-corrected chi connectivity index (χ3v) is 5.44. The average molecular weight is 400 g/mol. The molecule has 0 saturated carbocycles. The summed E-state index contributed by atoms with van der Waals surface area (Å²) in [7, 11) is 1.73. The van der Waals surface area contributed by atoms with Gasteiger partial charge in [0.05, 0.1) is 18.5 Å². The molecule has 1 unspecified atom stereocenters. The van der Waals surface area contributed by atoms with E-state index in [0.717, 1.165) is 61.6 Å². The highest BCUT2D eigenvalue weighted by Gasteiger charge is 2.22. The molecule has 1 aromatic carbocycles. The maximum Gasteiger partial charge on any atom is 0.194 e. The Balaban J connectivity index is 1.65. The van der Waals surface area contributed by atoms with Crippen LogP contribution >= 0.6 is 0 Å². The highest BCUT2D eigenvalue weighted by molar-refractivity contribution is 5.80. The maximum absolute atomic E-state index is 5.53. The molecule has 0 amide bonds. The number of nitrogens with one attached hydrogen (secondary N) is 1. The van der Waals surface area contributed by atoms with Crippen LogP contribution in [0.5, 0.6) is 5.75 Å². The van der Waals surface area contributed by atoms with Crippen LogP contribution in [0, 0.1) is 13.8 Å². The summed E-state index contributed by atoms with van der Waals surface area (Å²) in [6.07, 6.45) is 0. The number of aromatic nitrogens is 1. The van der Waals surface area contributed by atoms with E-state index in [-0.39, 0.29) is 5.92 Å². The Morgan fingerprint density at radius 3 is 2.59 bits per heavy atom. The van der Waals surface area contributed by atoms with E-state index in [1.165, 1.54) is 5.56 Å². The fraction of sp³-hybridized carbons (Fsp3) is 0.545. The number of para-hydroxylation sites is 2. The second-order valence-electron chi connectivity index (χ2n) is 7.48. The molecular formula is C22H33N5O2. The van der Waals surface area contributed by atoms with Crippen LogP contribution < -0.4 is 15.0 Å². The lowest BCUT2D eigenvalue weighted by Crippen LogP contribution is -2.52. The van der Waals surface area contributed by atoms with E-state index in [0.29, 0.717) is 6.54 Å². The summed E-state index contributed by atoms with van der Waals surface area (Å²) in [4.78, 5) is 9.65. The van der Waals surface area contributed by atoms with E-state index in [1.807, 2.05) is 26.0 Å². The number of rotatable bonds is 6. The highest BCUT2D eigenvalue weighted by atomic mass is 16.5. The molecule has 1 fully saturated rings. The van der Waals surface area contributed by atoms with Crippen LogP contribution in [-0.2, 0) is 0 Å². The van der Waals surface area contributed by atoms with Gasteiger partial charge in [-0.05, 0) is 32.9 Å². The zero-order chi connectivity index (χ0) is 20.8. The predicted molar refractivity (Wildman–Crippen MR) is 117 cm³/mol. The number of methoxy groups -OCH3 is 1. The lowest BCUT2D eigenvalue weighted by atomic mass is 10.00. The van der Waals surface area contributed by atoms with Crippen molar-refractivity contribution in [3.63, 3.8) is 0 Å². The molecule has 1 aliphatic rings. The molecule has 1 N–H and O–H groups in total. The molecule has 2 aromatic rings. The van der Waals surface area contributed by atoms with Crippen molar-refractivity contribution in [2.45, 2.75) is 33.6 Å². The SMILES string of the molecule is CCNC(=NCC(C)c1c(C)noc1C)N1CCN(c2ccccc2OC)CC1. The Labute approximate surface area is 173 Å². The first kappa shape index (κ1) is 21.0. The minimum absolute atomic E-state index is 0.268. The quantitative estimate of drug-likeness (QED) is 0.594. The normalized spacial score (nSPS) is 16.1. The van der Waals surface area contributed by atoms with Gasteiger partial charge in [0, 0.05) is 50.7 Å². The van der Waals surface area contributed by atoms with Crippen molar-refractivity contribution < 1.29 is 9.26 Å². The highest BCUT2D eigenvalue weighted by Crippen LogP contribution is 2.28. The van der Waals surface area contributed by atoms with Crippen LogP contribution in [0.1, 0.15) is 36.8 Å². The van der Waals surface area contributed by atoms with Gasteiger partial charge in [-0.1, -0.05) is 24.2 Å². The van der Waals surface area contributed by atoms with E-state index in [9.17, 15) is 0 Å². The van der Waals surface area contributed by atoms with Gasteiger partial charge in [-0.3, -0.25) is 4.99 Å². The van der Waals surface area contributed by atoms with Gasteiger partial charge >= 0.3 is 0 Å². The Kier molecular flexibility index (Phi) is 7.01. The van der Waals surface area contributed by atoms with Gasteiger partial charge in [0.25, 0.3) is 0 Å². The predicted octanol–water partition coefficient (Wildman–Crippen LogP) is 3.19. The fourth-order valence-corrected chi connectivity index (χ4v) is 3.98. The summed E-state index contributed by atoms with van der Waals surface area (Å²) >= 11 is 0. The molecule has 0 spiro atoms. The van der Waals surface area contributed by atoms with E-state index in [2.05, 4.69) is 46.3 Å². The Hall–Kier alpha value is -2.70. The molecule has 29 heavy (non-hydrogen) atoms. The number of aliphatic imine (C=N–C) groups is 1. The smallest absolute Gasteiger partial charge is 0.194 e. The molecule has 7 nitrogen and oxygen atoms in total. The van der Waals surface area contributed by atoms with Gasteiger partial charge in [0.2, 0.25) is 0 Å². The number of guanidine groups is 1. The molecular weight excluding hydrogens is 366 g/mol. The first-order chi connectivity index (χ1) is 14.0. The summed E-state index contributed by atoms with van der Waals surface area (Å²) in [5, 5.41) is 7.53. The van der Waals surface area contributed by atoms with Crippen molar-refractivity contribution in [3.8, 4) is 5.75 Å². The van der Waals surface area contributed by atoms with Gasteiger partial charge in [-0.15, -0.1) is 0 Å². The van der Waals surface area contributed by atoms with Crippen LogP contribution in [-0.4, -0.2) is 62.4 Å². The van der Waals surface area contributed by atoms with Crippen molar-refractivity contribution in [1.29, 1.82) is 0 Å². The van der Waals surface area contributed by atoms with Crippen molar-refractivity contribution in [3.05, 3.63) is 41.3 Å². The van der Waals surface area contributed by atoms with E-state index < -0.39 is 0 Å². The van der Waals surface area contributed by atoms with Crippen molar-refractivity contribution in [1.82, 2.24) is 15.4 Å². The van der Waals surface area contributed by atoms with E-state index in [4.69, 9.17) is 14.3 Å². The summed E-state index contributed by atoms with van der Waals surface area (Å²) in [5.74, 6) is 3.06. The van der Waals surface area contributed by atoms with Crippen LogP contribution in [0.15, 0.2) is 33.8 Å². The van der Waals surface area contributed by atoms with Gasteiger partial charge in [-0.2, -0.15) is 0 Å². The molecule has 1 aromatic heterocycles. The minimum atomic E-state index is 0.268. The standard InChI is InChI=1S/C22H33N5O2/c1-6-23-22(24-15-16(2)21-17(3)25-29-18(21)4)27-13-11-26(12-14-27)19-9-7-8-10-20(19)28-5/h7-10,16H,6,11-15H2,1-5H3,(H,23,24). The number of aryl methyl sites for hydroxylation is 2. The summed E-state index contributed by atoms with van der Waals surface area (Å²) in [6, 6.07) is 8.21. The lowest BCUT2D eigenvalue weighted by molar-refractivity contribution is 0.366. The zero-order valence-corrected chi connectivity index (χ0v) is 18.2. The third kappa shape index (κ3) is 4.83. The molecule has 0 aliphatic carbocycles. The number of hydrogen-bond acceptors (Lipinski definition) is 5. The number of anilines is 1. The lowest BCUT2D eigenvalue weighted by Gasteiger charge is -2.38. The maximum atomic E-state index is 5.53. The van der Waals surface area contributed by atoms with E-state index in [1.54, 1.807) is 7.11 Å². The van der Waals surface area contributed by atoms with Crippen LogP contribution in [0.3, 0.4) is 0 Å². The first-order valence-electron chi connectivity index (χ1n) is 10.4. The molecule has 0 bridgehead atoms. The number of nitrogens with zero attached hydrogens (tertiary/aromatic N) is 4. The van der Waals surface area contributed by atoms with Crippen LogP contribution in [0.4, 0.5) is 5.69 Å². The topological polar surface area (TPSA) is 66.1 Å². The molecule has 7 heteroatoms. The number of hydrogen-bond donors (Lipinski definition) is 1. The summed E-state index contributed by atoms with van der Waals surface area (Å²) in [6.45, 7) is 13.5. The Bertz CT molecular complexity index is 805. The number of piperazine rings is 1. The van der Waals surface area contributed by atoms with Gasteiger partial charge < -0.3 is 24.4 Å². The number of ether oxygens (including phenoxy) is 1. The molecule has 0 radical (unpaired) electrons. The molecule has 1 saturated heterocycles. The third-order valence-electron chi connectivity index (χ3n) is 5.44. The van der Waals surface area contributed by atoms with Crippen molar-refractivity contribution in [2.75, 3.05) is 51.3 Å². The van der Waals surface area contributed by atoms with Crippen molar-refractivity contribution >= 4 is 11.6 Å². The largest absolute Gasteiger partial charge is 0.495 e.